The largest absolute Gasteiger partial charge is 0.330 e. The van der Waals surface area contributed by atoms with Crippen LogP contribution in [-0.2, 0) is 10.3 Å². The van der Waals surface area contributed by atoms with Crippen molar-refractivity contribution in [3.05, 3.63) is 77.4 Å². The van der Waals surface area contributed by atoms with E-state index in [-0.39, 0.29) is 11.5 Å². The SMILES string of the molecule is CC(=O)N1CCC(c2cc(F)ccc2F)=CC1(CCN)c1ccccc1. The fourth-order valence-electron chi connectivity index (χ4n) is 3.80. The molecular weight excluding hydrogens is 334 g/mol. The van der Waals surface area contributed by atoms with Gasteiger partial charge < -0.3 is 10.6 Å². The van der Waals surface area contributed by atoms with Gasteiger partial charge in [-0.2, -0.15) is 0 Å². The standard InChI is InChI=1S/C21H22F2N2O/c1-15(26)25-12-9-16(19-13-18(22)7-8-20(19)23)14-21(25,10-11-24)17-5-3-2-4-6-17/h2-8,13-14H,9-12,24H2,1H3. The second-order valence-corrected chi connectivity index (χ2v) is 6.54. The first-order chi connectivity index (χ1) is 12.5. The molecule has 0 fully saturated rings. The first kappa shape index (κ1) is 18.3. The summed E-state index contributed by atoms with van der Waals surface area (Å²) in [7, 11) is 0. The monoisotopic (exact) mass is 356 g/mol. The molecule has 2 aromatic rings. The van der Waals surface area contributed by atoms with E-state index in [2.05, 4.69) is 0 Å². The number of nitrogens with zero attached hydrogens (tertiary/aromatic N) is 1. The molecule has 1 aliphatic rings. The quantitative estimate of drug-likeness (QED) is 0.905. The lowest BCUT2D eigenvalue weighted by molar-refractivity contribution is -0.134. The molecule has 0 radical (unpaired) electrons. The van der Waals surface area contributed by atoms with Crippen LogP contribution in [0.15, 0.2) is 54.6 Å². The van der Waals surface area contributed by atoms with E-state index in [1.54, 1.807) is 4.90 Å². The lowest BCUT2D eigenvalue weighted by atomic mass is 9.78. The van der Waals surface area contributed by atoms with Crippen LogP contribution in [0.25, 0.3) is 5.57 Å². The zero-order chi connectivity index (χ0) is 18.7. The minimum Gasteiger partial charge on any atom is -0.330 e. The molecule has 0 saturated carbocycles. The summed E-state index contributed by atoms with van der Waals surface area (Å²) in [5.74, 6) is -1.03. The molecule has 0 saturated heterocycles. The van der Waals surface area contributed by atoms with Gasteiger partial charge >= 0.3 is 0 Å². The predicted molar refractivity (Wildman–Crippen MR) is 98.1 cm³/mol. The molecule has 0 aliphatic carbocycles. The second kappa shape index (κ2) is 7.38. The summed E-state index contributed by atoms with van der Waals surface area (Å²) in [4.78, 5) is 14.1. The topological polar surface area (TPSA) is 46.3 Å². The molecule has 26 heavy (non-hydrogen) atoms. The number of amides is 1. The Hall–Kier alpha value is -2.53. The third-order valence-electron chi connectivity index (χ3n) is 4.95. The van der Waals surface area contributed by atoms with Crippen LogP contribution in [0.2, 0.25) is 0 Å². The Bertz CT molecular complexity index is 835. The summed E-state index contributed by atoms with van der Waals surface area (Å²) in [6.45, 7) is 2.30. The van der Waals surface area contributed by atoms with E-state index in [9.17, 15) is 13.6 Å². The van der Waals surface area contributed by atoms with Crippen LogP contribution in [0.1, 0.15) is 30.9 Å². The van der Waals surface area contributed by atoms with Gasteiger partial charge in [0.1, 0.15) is 11.6 Å². The molecule has 0 spiro atoms. The Kier molecular flexibility index (Phi) is 5.18. The van der Waals surface area contributed by atoms with Gasteiger partial charge in [-0.25, -0.2) is 8.78 Å². The lowest BCUT2D eigenvalue weighted by Crippen LogP contribution is -2.51. The van der Waals surface area contributed by atoms with Crippen LogP contribution in [0.5, 0.6) is 0 Å². The Balaban J connectivity index is 2.21. The number of carbonyl (C=O) groups excluding carboxylic acids is 1. The molecule has 136 valence electrons. The number of hydrogen-bond acceptors (Lipinski definition) is 2. The minimum absolute atomic E-state index is 0.0719. The van der Waals surface area contributed by atoms with Crippen molar-refractivity contribution in [2.75, 3.05) is 13.1 Å². The third-order valence-corrected chi connectivity index (χ3v) is 4.95. The number of halogens is 2. The zero-order valence-corrected chi connectivity index (χ0v) is 14.7. The molecule has 0 bridgehead atoms. The van der Waals surface area contributed by atoms with Gasteiger partial charge in [-0.05, 0) is 48.7 Å². The molecule has 1 heterocycles. The lowest BCUT2D eigenvalue weighted by Gasteiger charge is -2.46. The molecule has 1 unspecified atom stereocenters. The summed E-state index contributed by atoms with van der Waals surface area (Å²) < 4.78 is 28.0. The third kappa shape index (κ3) is 3.27. The highest BCUT2D eigenvalue weighted by atomic mass is 19.1. The van der Waals surface area contributed by atoms with E-state index < -0.39 is 17.2 Å². The Morgan fingerprint density at radius 1 is 1.19 bits per heavy atom. The molecule has 3 nitrogen and oxygen atoms in total. The van der Waals surface area contributed by atoms with Crippen molar-refractivity contribution in [2.24, 2.45) is 5.73 Å². The number of carbonyl (C=O) groups is 1. The van der Waals surface area contributed by atoms with E-state index in [4.69, 9.17) is 5.73 Å². The molecule has 1 amide bonds. The van der Waals surface area contributed by atoms with Crippen molar-refractivity contribution in [3.63, 3.8) is 0 Å². The number of benzene rings is 2. The summed E-state index contributed by atoms with van der Waals surface area (Å²) in [6.07, 6.45) is 2.84. The maximum atomic E-state index is 14.3. The van der Waals surface area contributed by atoms with E-state index in [0.29, 0.717) is 31.5 Å². The fourth-order valence-corrected chi connectivity index (χ4v) is 3.80. The van der Waals surface area contributed by atoms with Gasteiger partial charge in [0.15, 0.2) is 0 Å². The Morgan fingerprint density at radius 3 is 2.58 bits per heavy atom. The van der Waals surface area contributed by atoms with Crippen LogP contribution in [0.3, 0.4) is 0 Å². The summed E-state index contributed by atoms with van der Waals surface area (Å²) in [6, 6.07) is 13.0. The average molecular weight is 356 g/mol. The minimum atomic E-state index is -0.770. The van der Waals surface area contributed by atoms with Crippen molar-refractivity contribution >= 4 is 11.5 Å². The number of rotatable bonds is 4. The van der Waals surface area contributed by atoms with Gasteiger partial charge in [-0.1, -0.05) is 36.4 Å². The highest BCUT2D eigenvalue weighted by Gasteiger charge is 2.40. The van der Waals surface area contributed by atoms with Gasteiger partial charge in [0.05, 0.1) is 5.54 Å². The van der Waals surface area contributed by atoms with Gasteiger partial charge in [0.25, 0.3) is 0 Å². The van der Waals surface area contributed by atoms with Crippen molar-refractivity contribution in [1.82, 2.24) is 4.90 Å². The van der Waals surface area contributed by atoms with Crippen LogP contribution >= 0.6 is 0 Å². The van der Waals surface area contributed by atoms with Gasteiger partial charge in [0.2, 0.25) is 5.91 Å². The molecule has 1 atom stereocenters. The van der Waals surface area contributed by atoms with E-state index in [0.717, 1.165) is 17.7 Å². The highest BCUT2D eigenvalue weighted by molar-refractivity contribution is 5.78. The molecule has 5 heteroatoms. The summed E-state index contributed by atoms with van der Waals surface area (Å²) in [5.41, 5.74) is 6.96. The molecule has 2 N–H and O–H groups in total. The molecule has 0 aromatic heterocycles. The van der Waals surface area contributed by atoms with E-state index in [1.165, 1.54) is 13.0 Å². The Morgan fingerprint density at radius 2 is 1.92 bits per heavy atom. The van der Waals surface area contributed by atoms with Crippen LogP contribution < -0.4 is 5.73 Å². The Labute approximate surface area is 152 Å². The first-order valence-electron chi connectivity index (χ1n) is 8.69. The van der Waals surface area contributed by atoms with Gasteiger partial charge in [-0.3, -0.25) is 4.79 Å². The normalized spacial score (nSPS) is 20.0. The van der Waals surface area contributed by atoms with Gasteiger partial charge in [0, 0.05) is 19.0 Å². The predicted octanol–water partition coefficient (Wildman–Crippen LogP) is 3.84. The van der Waals surface area contributed by atoms with E-state index >= 15 is 0 Å². The zero-order valence-electron chi connectivity index (χ0n) is 14.7. The fraction of sp³-hybridized carbons (Fsp3) is 0.286. The summed E-state index contributed by atoms with van der Waals surface area (Å²) in [5, 5.41) is 0. The molecule has 2 aromatic carbocycles. The second-order valence-electron chi connectivity index (χ2n) is 6.54. The highest BCUT2D eigenvalue weighted by Crippen LogP contribution is 2.41. The first-order valence-corrected chi connectivity index (χ1v) is 8.69. The van der Waals surface area contributed by atoms with E-state index in [1.807, 2.05) is 36.4 Å². The number of nitrogens with two attached hydrogens (primary N) is 1. The van der Waals surface area contributed by atoms with Crippen molar-refractivity contribution in [2.45, 2.75) is 25.3 Å². The smallest absolute Gasteiger partial charge is 0.220 e. The maximum absolute atomic E-state index is 14.3. The van der Waals surface area contributed by atoms with Gasteiger partial charge in [-0.15, -0.1) is 0 Å². The van der Waals surface area contributed by atoms with Crippen molar-refractivity contribution in [3.8, 4) is 0 Å². The van der Waals surface area contributed by atoms with Crippen LogP contribution in [0.4, 0.5) is 8.78 Å². The summed E-state index contributed by atoms with van der Waals surface area (Å²) >= 11 is 0. The maximum Gasteiger partial charge on any atom is 0.220 e. The van der Waals surface area contributed by atoms with Crippen LogP contribution in [0, 0.1) is 11.6 Å². The van der Waals surface area contributed by atoms with Crippen molar-refractivity contribution in [1.29, 1.82) is 0 Å². The van der Waals surface area contributed by atoms with Crippen molar-refractivity contribution < 1.29 is 13.6 Å². The number of hydrogen-bond donors (Lipinski definition) is 1. The average Bonchev–Trinajstić information content (AvgIpc) is 2.64. The molecule has 3 rings (SSSR count). The molecular formula is C21H22F2N2O. The molecule has 1 aliphatic heterocycles. The van der Waals surface area contributed by atoms with Crippen LogP contribution in [-0.4, -0.2) is 23.9 Å².